The van der Waals surface area contributed by atoms with Crippen LogP contribution in [0.4, 0.5) is 0 Å². The molecule has 1 fully saturated rings. The van der Waals surface area contributed by atoms with Crippen LogP contribution in [0.25, 0.3) is 0 Å². The van der Waals surface area contributed by atoms with Crippen molar-refractivity contribution in [2.75, 3.05) is 6.54 Å². The van der Waals surface area contributed by atoms with Crippen LogP contribution >= 0.6 is 0 Å². The van der Waals surface area contributed by atoms with E-state index >= 15 is 0 Å². The molecule has 1 saturated heterocycles. The predicted molar refractivity (Wildman–Crippen MR) is 115 cm³/mol. The van der Waals surface area contributed by atoms with Gasteiger partial charge in [0.15, 0.2) is 0 Å². The average molecular weight is 430 g/mol. The van der Waals surface area contributed by atoms with Crippen LogP contribution in [0, 0.1) is 6.92 Å². The zero-order valence-electron chi connectivity index (χ0n) is 17.2. The summed E-state index contributed by atoms with van der Waals surface area (Å²) in [5.74, 6) is -0.912. The molecule has 2 amide bonds. The second kappa shape index (κ2) is 8.97. The highest BCUT2D eigenvalue weighted by Crippen LogP contribution is 2.26. The summed E-state index contributed by atoms with van der Waals surface area (Å²) in [6.45, 7) is 4.37. The summed E-state index contributed by atoms with van der Waals surface area (Å²) in [5.41, 5.74) is 7.37. The molecule has 7 nitrogen and oxygen atoms in total. The minimum atomic E-state index is -3.66. The number of carbonyl (C=O) groups excluding carboxylic acids is 2. The van der Waals surface area contributed by atoms with E-state index in [1.807, 2.05) is 6.92 Å². The van der Waals surface area contributed by atoms with Gasteiger partial charge in [0.25, 0.3) is 5.91 Å². The molecule has 3 N–H and O–H groups in total. The smallest absolute Gasteiger partial charge is 0.251 e. The fourth-order valence-corrected chi connectivity index (χ4v) is 5.41. The predicted octanol–water partition coefficient (Wildman–Crippen LogP) is 2.59. The first kappa shape index (κ1) is 22.0. The molecule has 2 aromatic carbocycles. The van der Waals surface area contributed by atoms with Crippen LogP contribution in [0.15, 0.2) is 47.4 Å². The van der Waals surface area contributed by atoms with Gasteiger partial charge in [-0.2, -0.15) is 4.31 Å². The highest BCUT2D eigenvalue weighted by atomic mass is 32.2. The van der Waals surface area contributed by atoms with Gasteiger partial charge in [0, 0.05) is 30.3 Å². The van der Waals surface area contributed by atoms with Gasteiger partial charge in [-0.3, -0.25) is 9.59 Å². The molecule has 30 heavy (non-hydrogen) atoms. The van der Waals surface area contributed by atoms with Crippen LogP contribution < -0.4 is 11.1 Å². The Kier molecular flexibility index (Phi) is 6.58. The van der Waals surface area contributed by atoms with Crippen LogP contribution in [0.1, 0.15) is 58.0 Å². The Labute approximate surface area is 177 Å². The first-order chi connectivity index (χ1) is 14.2. The number of nitrogens with zero attached hydrogens (tertiary/aromatic N) is 1. The van der Waals surface area contributed by atoms with Gasteiger partial charge < -0.3 is 11.1 Å². The van der Waals surface area contributed by atoms with Crippen molar-refractivity contribution >= 4 is 21.8 Å². The van der Waals surface area contributed by atoms with Crippen molar-refractivity contribution in [3.05, 3.63) is 64.7 Å². The number of piperidine rings is 1. The first-order valence-electron chi connectivity index (χ1n) is 9.99. The Hall–Kier alpha value is -2.71. The number of nitrogens with one attached hydrogen (secondary N) is 1. The highest BCUT2D eigenvalue weighted by molar-refractivity contribution is 7.89. The van der Waals surface area contributed by atoms with E-state index in [9.17, 15) is 18.0 Å². The van der Waals surface area contributed by atoms with Crippen molar-refractivity contribution in [3.63, 3.8) is 0 Å². The van der Waals surface area contributed by atoms with Crippen molar-refractivity contribution in [1.82, 2.24) is 9.62 Å². The number of nitrogens with two attached hydrogens (primary N) is 1. The van der Waals surface area contributed by atoms with E-state index in [0.717, 1.165) is 24.8 Å². The molecule has 8 heteroatoms. The van der Waals surface area contributed by atoms with Crippen molar-refractivity contribution in [3.8, 4) is 0 Å². The highest BCUT2D eigenvalue weighted by Gasteiger charge is 2.31. The van der Waals surface area contributed by atoms with Crippen molar-refractivity contribution in [2.45, 2.75) is 50.6 Å². The van der Waals surface area contributed by atoms with Gasteiger partial charge in [-0.05, 0) is 62.1 Å². The minimum Gasteiger partial charge on any atom is -0.366 e. The lowest BCUT2D eigenvalue weighted by molar-refractivity contribution is 0.0949. The summed E-state index contributed by atoms with van der Waals surface area (Å²) in [6.07, 6.45) is 2.70. The number of primary amides is 1. The monoisotopic (exact) mass is 429 g/mol. The van der Waals surface area contributed by atoms with Crippen LogP contribution in [0.5, 0.6) is 0 Å². The van der Waals surface area contributed by atoms with E-state index in [-0.39, 0.29) is 23.4 Å². The summed E-state index contributed by atoms with van der Waals surface area (Å²) >= 11 is 0. The van der Waals surface area contributed by atoms with Crippen LogP contribution in [-0.2, 0) is 16.6 Å². The standard InChI is InChI=1S/C22H27N3O4S/c1-15-9-10-19(30(28,29)25-11-4-3-6-16(25)2)13-20(15)22(27)24-14-17-7-5-8-18(12-17)21(23)26/h5,7-10,12-13,16H,3-4,6,11,14H2,1-2H3,(H2,23,26)(H,24,27). The number of amides is 2. The summed E-state index contributed by atoms with van der Waals surface area (Å²) < 4.78 is 27.8. The van der Waals surface area contributed by atoms with Gasteiger partial charge in [0.2, 0.25) is 15.9 Å². The number of aryl methyl sites for hydroxylation is 1. The third-order valence-corrected chi connectivity index (χ3v) is 7.48. The Bertz CT molecular complexity index is 1070. The minimum absolute atomic E-state index is 0.0557. The van der Waals surface area contributed by atoms with Gasteiger partial charge in [0.05, 0.1) is 4.90 Å². The molecular formula is C22H27N3O4S. The van der Waals surface area contributed by atoms with Crippen molar-refractivity contribution in [2.24, 2.45) is 5.73 Å². The summed E-state index contributed by atoms with van der Waals surface area (Å²) in [6, 6.07) is 11.3. The number of hydrogen-bond acceptors (Lipinski definition) is 4. The molecule has 0 bridgehead atoms. The van der Waals surface area contributed by atoms with E-state index < -0.39 is 15.9 Å². The van der Waals surface area contributed by atoms with Gasteiger partial charge in [0.1, 0.15) is 0 Å². The molecule has 0 radical (unpaired) electrons. The molecule has 1 aliphatic heterocycles. The second-order valence-electron chi connectivity index (χ2n) is 7.68. The largest absolute Gasteiger partial charge is 0.366 e. The molecule has 1 heterocycles. The second-order valence-corrected chi connectivity index (χ2v) is 9.58. The van der Waals surface area contributed by atoms with E-state index in [1.54, 1.807) is 43.3 Å². The fourth-order valence-electron chi connectivity index (χ4n) is 3.68. The van der Waals surface area contributed by atoms with Gasteiger partial charge in [-0.1, -0.05) is 24.6 Å². The quantitative estimate of drug-likeness (QED) is 0.735. The number of sulfonamides is 1. The molecule has 2 aromatic rings. The Morgan fingerprint density at radius 1 is 1.17 bits per heavy atom. The normalized spacial score (nSPS) is 17.5. The number of benzene rings is 2. The molecule has 1 aliphatic rings. The fraction of sp³-hybridized carbons (Fsp3) is 0.364. The van der Waals surface area contributed by atoms with Crippen LogP contribution in [0.3, 0.4) is 0 Å². The summed E-state index contributed by atoms with van der Waals surface area (Å²) in [5, 5.41) is 2.79. The molecule has 0 saturated carbocycles. The molecule has 0 spiro atoms. The van der Waals surface area contributed by atoms with E-state index in [1.165, 1.54) is 10.4 Å². The molecule has 0 aliphatic carbocycles. The molecule has 160 valence electrons. The van der Waals surface area contributed by atoms with E-state index in [2.05, 4.69) is 5.32 Å². The van der Waals surface area contributed by atoms with Crippen LogP contribution in [-0.4, -0.2) is 37.1 Å². The molecular weight excluding hydrogens is 402 g/mol. The van der Waals surface area contributed by atoms with Gasteiger partial charge >= 0.3 is 0 Å². The SMILES string of the molecule is Cc1ccc(S(=O)(=O)N2CCCCC2C)cc1C(=O)NCc1cccc(C(N)=O)c1. The third-order valence-electron chi connectivity index (χ3n) is 5.47. The summed E-state index contributed by atoms with van der Waals surface area (Å²) in [4.78, 5) is 24.2. The lowest BCUT2D eigenvalue weighted by Gasteiger charge is -2.32. The zero-order chi connectivity index (χ0) is 21.9. The van der Waals surface area contributed by atoms with Crippen molar-refractivity contribution in [1.29, 1.82) is 0 Å². The average Bonchev–Trinajstić information content (AvgIpc) is 2.72. The number of rotatable bonds is 6. The molecule has 3 rings (SSSR count). The Balaban J connectivity index is 1.80. The topological polar surface area (TPSA) is 110 Å². The van der Waals surface area contributed by atoms with Crippen molar-refractivity contribution < 1.29 is 18.0 Å². The van der Waals surface area contributed by atoms with Gasteiger partial charge in [-0.25, -0.2) is 8.42 Å². The number of carbonyl (C=O) groups is 2. The number of hydrogen-bond donors (Lipinski definition) is 2. The molecule has 0 aromatic heterocycles. The van der Waals surface area contributed by atoms with Crippen LogP contribution in [0.2, 0.25) is 0 Å². The summed E-state index contributed by atoms with van der Waals surface area (Å²) in [7, 11) is -3.66. The lowest BCUT2D eigenvalue weighted by atomic mass is 10.1. The third kappa shape index (κ3) is 4.71. The zero-order valence-corrected chi connectivity index (χ0v) is 18.0. The van der Waals surface area contributed by atoms with E-state index in [4.69, 9.17) is 5.73 Å². The molecule has 1 atom stereocenters. The van der Waals surface area contributed by atoms with Gasteiger partial charge in [-0.15, -0.1) is 0 Å². The molecule has 1 unspecified atom stereocenters. The maximum atomic E-state index is 13.1. The first-order valence-corrected chi connectivity index (χ1v) is 11.4. The lowest BCUT2D eigenvalue weighted by Crippen LogP contribution is -2.42. The van der Waals surface area contributed by atoms with E-state index in [0.29, 0.717) is 23.2 Å². The Morgan fingerprint density at radius 2 is 1.93 bits per heavy atom. The maximum Gasteiger partial charge on any atom is 0.251 e. The Morgan fingerprint density at radius 3 is 2.63 bits per heavy atom. The maximum absolute atomic E-state index is 13.1.